The van der Waals surface area contributed by atoms with Gasteiger partial charge in [0.15, 0.2) is 5.16 Å². The number of aryl methyl sites for hydroxylation is 2. The number of thioether (sulfide) groups is 1. The van der Waals surface area contributed by atoms with Crippen molar-refractivity contribution in [3.05, 3.63) is 51.7 Å². The molecule has 0 unspecified atom stereocenters. The molecule has 3 rings (SSSR count). The summed E-state index contributed by atoms with van der Waals surface area (Å²) in [6.45, 7) is 7.03. The summed E-state index contributed by atoms with van der Waals surface area (Å²) in [5.41, 5.74) is 8.11. The van der Waals surface area contributed by atoms with Gasteiger partial charge in [0.05, 0.1) is 12.1 Å². The third-order valence-electron chi connectivity index (χ3n) is 4.53. The number of amides is 2. The second-order valence-electron chi connectivity index (χ2n) is 7.98. The highest BCUT2D eigenvalue weighted by Gasteiger charge is 2.16. The zero-order valence-electron chi connectivity index (χ0n) is 18.5. The highest BCUT2D eigenvalue weighted by Crippen LogP contribution is 2.24. The minimum absolute atomic E-state index is 0.0850. The molecule has 0 aliphatic carbocycles. The molecule has 3 aromatic rings. The minimum atomic E-state index is -0.347. The summed E-state index contributed by atoms with van der Waals surface area (Å²) < 4.78 is 2.06. The van der Waals surface area contributed by atoms with Crippen LogP contribution in [0.5, 0.6) is 0 Å². The molecule has 0 spiro atoms. The fourth-order valence-corrected chi connectivity index (χ4v) is 4.77. The molecule has 3 N–H and O–H groups in total. The average molecular weight is 473 g/mol. The van der Waals surface area contributed by atoms with Crippen molar-refractivity contribution in [2.75, 3.05) is 5.32 Å². The molecule has 0 bridgehead atoms. The Kier molecular flexibility index (Phi) is 8.40. The quantitative estimate of drug-likeness (QED) is 0.412. The number of primary amides is 1. The highest BCUT2D eigenvalue weighted by atomic mass is 32.2. The molecule has 0 atom stereocenters. The maximum Gasteiger partial charge on any atom is 0.231 e. The standard InChI is InChI=1S/C22H28N6O2S2/c1-14(2)11-28-19(9-8-18(23)29)26-27-22(28)32-13-17-12-31-21(25-17)10-20(30)24-16-6-4-15(3)5-7-16/h4-7,12,14H,8-11,13H2,1-3H3,(H2,23,29)(H,24,30). The summed E-state index contributed by atoms with van der Waals surface area (Å²) in [5, 5.41) is 15.0. The maximum absolute atomic E-state index is 12.3. The Bertz CT molecular complexity index is 1060. The van der Waals surface area contributed by atoms with Crippen LogP contribution in [0.1, 0.15) is 42.4 Å². The van der Waals surface area contributed by atoms with Crippen LogP contribution in [0.2, 0.25) is 0 Å². The van der Waals surface area contributed by atoms with E-state index in [1.54, 1.807) is 11.8 Å². The lowest BCUT2D eigenvalue weighted by atomic mass is 10.2. The molecule has 0 radical (unpaired) electrons. The molecular formula is C22H28N6O2S2. The van der Waals surface area contributed by atoms with Gasteiger partial charge in [-0.05, 0) is 25.0 Å². The second kappa shape index (κ2) is 11.2. The Morgan fingerprint density at radius 2 is 1.97 bits per heavy atom. The molecule has 0 saturated carbocycles. The van der Waals surface area contributed by atoms with Gasteiger partial charge >= 0.3 is 0 Å². The monoisotopic (exact) mass is 472 g/mol. The van der Waals surface area contributed by atoms with Crippen LogP contribution >= 0.6 is 23.1 Å². The maximum atomic E-state index is 12.3. The number of nitrogens with two attached hydrogens (primary N) is 1. The van der Waals surface area contributed by atoms with Gasteiger partial charge in [-0.1, -0.05) is 43.3 Å². The van der Waals surface area contributed by atoms with Gasteiger partial charge < -0.3 is 15.6 Å². The lowest BCUT2D eigenvalue weighted by Crippen LogP contribution is -2.15. The molecule has 0 fully saturated rings. The molecule has 2 amide bonds. The van der Waals surface area contributed by atoms with E-state index in [9.17, 15) is 9.59 Å². The first-order valence-electron chi connectivity index (χ1n) is 10.4. The minimum Gasteiger partial charge on any atom is -0.370 e. The number of thiazole rings is 1. The first-order chi connectivity index (χ1) is 15.3. The van der Waals surface area contributed by atoms with Crippen molar-refractivity contribution < 1.29 is 9.59 Å². The largest absolute Gasteiger partial charge is 0.370 e. The van der Waals surface area contributed by atoms with Crippen LogP contribution in [0.4, 0.5) is 5.69 Å². The van der Waals surface area contributed by atoms with Crippen LogP contribution < -0.4 is 11.1 Å². The number of nitrogens with one attached hydrogen (secondary N) is 1. The fraction of sp³-hybridized carbons (Fsp3) is 0.409. The number of rotatable bonds is 11. The number of hydrogen-bond acceptors (Lipinski definition) is 7. The van der Waals surface area contributed by atoms with E-state index in [2.05, 4.69) is 38.9 Å². The molecular weight excluding hydrogens is 444 g/mol. The first kappa shape index (κ1) is 23.9. The Hall–Kier alpha value is -2.72. The van der Waals surface area contributed by atoms with E-state index < -0.39 is 0 Å². The molecule has 1 aromatic carbocycles. The van der Waals surface area contributed by atoms with Gasteiger partial charge in [-0.15, -0.1) is 21.5 Å². The normalized spacial score (nSPS) is 11.1. The Morgan fingerprint density at radius 3 is 2.66 bits per heavy atom. The summed E-state index contributed by atoms with van der Waals surface area (Å²) >= 11 is 3.03. The molecule has 2 heterocycles. The van der Waals surface area contributed by atoms with Gasteiger partial charge in [-0.3, -0.25) is 9.59 Å². The van der Waals surface area contributed by atoms with Gasteiger partial charge in [0.25, 0.3) is 0 Å². The zero-order valence-corrected chi connectivity index (χ0v) is 20.1. The number of aromatic nitrogens is 4. The number of hydrogen-bond donors (Lipinski definition) is 2. The molecule has 2 aromatic heterocycles. The summed E-state index contributed by atoms with van der Waals surface area (Å²) in [4.78, 5) is 28.0. The number of anilines is 1. The zero-order chi connectivity index (χ0) is 23.1. The first-order valence-corrected chi connectivity index (χ1v) is 12.3. The lowest BCUT2D eigenvalue weighted by molar-refractivity contribution is -0.118. The number of carbonyl (C=O) groups excluding carboxylic acids is 2. The molecule has 0 aliphatic rings. The molecule has 10 heteroatoms. The summed E-state index contributed by atoms with van der Waals surface area (Å²) in [6, 6.07) is 7.71. The van der Waals surface area contributed by atoms with Crippen molar-refractivity contribution in [1.29, 1.82) is 0 Å². The van der Waals surface area contributed by atoms with Crippen LogP contribution in [-0.4, -0.2) is 31.6 Å². The summed E-state index contributed by atoms with van der Waals surface area (Å²) in [6.07, 6.45) is 0.970. The topological polar surface area (TPSA) is 116 Å². The van der Waals surface area contributed by atoms with Gasteiger partial charge in [0.1, 0.15) is 10.8 Å². The van der Waals surface area contributed by atoms with Crippen molar-refractivity contribution in [2.24, 2.45) is 11.7 Å². The van der Waals surface area contributed by atoms with E-state index in [0.717, 1.165) is 39.5 Å². The predicted octanol–water partition coefficient (Wildman–Crippen LogP) is 3.59. The van der Waals surface area contributed by atoms with E-state index >= 15 is 0 Å². The van der Waals surface area contributed by atoms with E-state index in [0.29, 0.717) is 18.1 Å². The fourth-order valence-electron chi connectivity index (χ4n) is 3.01. The number of benzene rings is 1. The average Bonchev–Trinajstić information content (AvgIpc) is 3.32. The van der Waals surface area contributed by atoms with Gasteiger partial charge in [0.2, 0.25) is 11.8 Å². The lowest BCUT2D eigenvalue weighted by Gasteiger charge is -2.11. The van der Waals surface area contributed by atoms with Crippen molar-refractivity contribution in [3.8, 4) is 0 Å². The highest BCUT2D eigenvalue weighted by molar-refractivity contribution is 7.98. The van der Waals surface area contributed by atoms with E-state index in [1.165, 1.54) is 11.3 Å². The SMILES string of the molecule is Cc1ccc(NC(=O)Cc2nc(CSc3nnc(CCC(N)=O)n3CC(C)C)cs2)cc1. The van der Waals surface area contributed by atoms with Crippen LogP contribution in [0.25, 0.3) is 0 Å². The second-order valence-corrected chi connectivity index (χ2v) is 9.87. The van der Waals surface area contributed by atoms with Gasteiger partial charge in [-0.25, -0.2) is 4.98 Å². The third-order valence-corrected chi connectivity index (χ3v) is 6.43. The predicted molar refractivity (Wildman–Crippen MR) is 128 cm³/mol. The molecule has 170 valence electrons. The van der Waals surface area contributed by atoms with Crippen molar-refractivity contribution in [3.63, 3.8) is 0 Å². The Morgan fingerprint density at radius 1 is 1.22 bits per heavy atom. The molecule has 32 heavy (non-hydrogen) atoms. The van der Waals surface area contributed by atoms with Crippen LogP contribution in [0, 0.1) is 12.8 Å². The number of nitrogens with zero attached hydrogens (tertiary/aromatic N) is 4. The van der Waals surface area contributed by atoms with Crippen LogP contribution in [0.3, 0.4) is 0 Å². The smallest absolute Gasteiger partial charge is 0.231 e. The number of carbonyl (C=O) groups is 2. The summed E-state index contributed by atoms with van der Waals surface area (Å²) in [5.74, 6) is 1.38. The van der Waals surface area contributed by atoms with Crippen molar-refractivity contribution in [2.45, 2.75) is 57.5 Å². The Balaban J connectivity index is 1.57. The third kappa shape index (κ3) is 7.16. The van der Waals surface area contributed by atoms with Gasteiger partial charge in [-0.2, -0.15) is 0 Å². The van der Waals surface area contributed by atoms with Crippen molar-refractivity contribution >= 4 is 40.6 Å². The molecule has 8 nitrogen and oxygen atoms in total. The summed E-state index contributed by atoms with van der Waals surface area (Å²) in [7, 11) is 0. The van der Waals surface area contributed by atoms with E-state index in [4.69, 9.17) is 5.73 Å². The Labute approximate surface area is 196 Å². The van der Waals surface area contributed by atoms with Crippen LogP contribution in [0.15, 0.2) is 34.8 Å². The van der Waals surface area contributed by atoms with Crippen LogP contribution in [-0.2, 0) is 34.7 Å². The molecule has 0 aliphatic heterocycles. The van der Waals surface area contributed by atoms with E-state index in [-0.39, 0.29) is 24.7 Å². The van der Waals surface area contributed by atoms with Crippen molar-refractivity contribution in [1.82, 2.24) is 19.7 Å². The van der Waals surface area contributed by atoms with E-state index in [1.807, 2.05) is 36.6 Å². The molecule has 0 saturated heterocycles. The van der Waals surface area contributed by atoms with Gasteiger partial charge in [0, 0.05) is 36.2 Å².